The van der Waals surface area contributed by atoms with Crippen molar-refractivity contribution in [3.63, 3.8) is 0 Å². The molecule has 5 rings (SSSR count). The molecule has 2 amide bonds. The monoisotopic (exact) mass is 482 g/mol. The van der Waals surface area contributed by atoms with E-state index in [2.05, 4.69) is 39.9 Å². The third-order valence-electron chi connectivity index (χ3n) is 6.96. The first-order valence-corrected chi connectivity index (χ1v) is 12.6. The number of benzene rings is 3. The van der Waals surface area contributed by atoms with E-state index in [9.17, 15) is 14.9 Å². The van der Waals surface area contributed by atoms with Crippen LogP contribution >= 0.6 is 0 Å². The number of guanidine groups is 1. The lowest BCUT2D eigenvalue weighted by atomic mass is 10.0. The molecule has 0 spiro atoms. The predicted octanol–water partition coefficient (Wildman–Crippen LogP) is 3.84. The highest BCUT2D eigenvalue weighted by Crippen LogP contribution is 2.25. The normalized spacial score (nSPS) is 18.8. The number of nitrogens with one attached hydrogen (secondary N) is 2. The zero-order valence-electron chi connectivity index (χ0n) is 20.2. The number of nitriles is 1. The van der Waals surface area contributed by atoms with Crippen molar-refractivity contribution < 1.29 is 9.59 Å². The molecule has 36 heavy (non-hydrogen) atoms. The number of hydrogen-bond donors (Lipinski definition) is 2. The Morgan fingerprint density at radius 2 is 1.64 bits per heavy atom. The first-order chi connectivity index (χ1) is 17.6. The number of nitrogens with zero attached hydrogens (tertiary/aromatic N) is 4. The van der Waals surface area contributed by atoms with E-state index in [1.807, 2.05) is 41.4 Å². The van der Waals surface area contributed by atoms with Gasteiger partial charge in [-0.2, -0.15) is 5.26 Å². The minimum absolute atomic E-state index is 0.00247. The summed E-state index contributed by atoms with van der Waals surface area (Å²) in [6, 6.07) is 17.8. The summed E-state index contributed by atoms with van der Waals surface area (Å²) < 4.78 is 0. The fraction of sp³-hybridized carbons (Fsp3) is 0.357. The zero-order valence-corrected chi connectivity index (χ0v) is 20.2. The first kappa shape index (κ1) is 23.6. The van der Waals surface area contributed by atoms with E-state index in [4.69, 9.17) is 0 Å². The van der Waals surface area contributed by atoms with Gasteiger partial charge in [-0.3, -0.25) is 14.9 Å². The molecule has 2 aliphatic rings. The van der Waals surface area contributed by atoms with Crippen molar-refractivity contribution >= 4 is 45.0 Å². The first-order valence-electron chi connectivity index (χ1n) is 12.6. The van der Waals surface area contributed by atoms with Crippen LogP contribution in [0.1, 0.15) is 32.1 Å². The molecular weight excluding hydrogens is 452 g/mol. The number of anilines is 1. The van der Waals surface area contributed by atoms with E-state index in [-0.39, 0.29) is 24.3 Å². The van der Waals surface area contributed by atoms with E-state index >= 15 is 0 Å². The predicted molar refractivity (Wildman–Crippen MR) is 141 cm³/mol. The average Bonchev–Trinajstić information content (AvgIpc) is 3.38. The van der Waals surface area contributed by atoms with Crippen LogP contribution in [-0.2, 0) is 9.59 Å². The van der Waals surface area contributed by atoms with Gasteiger partial charge in [0.25, 0.3) is 0 Å². The maximum Gasteiger partial charge on any atom is 0.247 e. The molecule has 8 nitrogen and oxygen atoms in total. The maximum absolute atomic E-state index is 13.3. The Bertz CT molecular complexity index is 1360. The van der Waals surface area contributed by atoms with Gasteiger partial charge < -0.3 is 15.1 Å². The van der Waals surface area contributed by atoms with Crippen molar-refractivity contribution in [1.29, 1.82) is 5.26 Å². The van der Waals surface area contributed by atoms with Crippen LogP contribution in [-0.4, -0.2) is 59.8 Å². The lowest BCUT2D eigenvalue weighted by Crippen LogP contribution is -2.45. The summed E-state index contributed by atoms with van der Waals surface area (Å²) in [6.07, 6.45) is 6.20. The molecule has 3 aromatic rings. The minimum atomic E-state index is -0.647. The third-order valence-corrected chi connectivity index (χ3v) is 6.96. The van der Waals surface area contributed by atoms with E-state index in [1.165, 1.54) is 5.39 Å². The quantitative estimate of drug-likeness (QED) is 0.194. The molecule has 0 aliphatic carbocycles. The summed E-state index contributed by atoms with van der Waals surface area (Å²) in [5.74, 6) is 0.0652. The van der Waals surface area contributed by atoms with Crippen molar-refractivity contribution in [2.24, 2.45) is 4.99 Å². The molecule has 2 N–H and O–H groups in total. The number of likely N-dealkylation sites (tertiary alicyclic amines) is 2. The van der Waals surface area contributed by atoms with Crippen LogP contribution < -0.4 is 10.6 Å². The topological polar surface area (TPSA) is 101 Å². The lowest BCUT2D eigenvalue weighted by Gasteiger charge is -2.25. The Morgan fingerprint density at radius 3 is 2.39 bits per heavy atom. The summed E-state index contributed by atoms with van der Waals surface area (Å²) in [5.41, 5.74) is 0.765. The number of hydrogen-bond acceptors (Lipinski definition) is 4. The molecule has 3 aromatic carbocycles. The molecule has 0 saturated carbocycles. The van der Waals surface area contributed by atoms with Gasteiger partial charge in [0.1, 0.15) is 6.04 Å². The van der Waals surface area contributed by atoms with Crippen LogP contribution in [0.25, 0.3) is 21.5 Å². The molecule has 0 radical (unpaired) electrons. The molecule has 8 heteroatoms. The molecule has 0 aromatic heterocycles. The minimum Gasteiger partial charge on any atom is -0.341 e. The van der Waals surface area contributed by atoms with Gasteiger partial charge in [0.2, 0.25) is 17.8 Å². The Kier molecular flexibility index (Phi) is 6.99. The fourth-order valence-corrected chi connectivity index (χ4v) is 5.05. The maximum atomic E-state index is 13.3. The Morgan fingerprint density at radius 1 is 0.944 bits per heavy atom. The average molecular weight is 483 g/mol. The van der Waals surface area contributed by atoms with Crippen molar-refractivity contribution in [2.45, 2.75) is 38.1 Å². The summed E-state index contributed by atoms with van der Waals surface area (Å²) in [7, 11) is 0. The number of amides is 2. The Hall–Kier alpha value is -4.12. The number of aliphatic imine (C=N–C) groups is 1. The van der Waals surface area contributed by atoms with E-state index in [1.54, 1.807) is 4.90 Å². The van der Waals surface area contributed by atoms with Gasteiger partial charge in [0.15, 0.2) is 6.19 Å². The second-order valence-corrected chi connectivity index (χ2v) is 9.46. The van der Waals surface area contributed by atoms with Gasteiger partial charge in [-0.1, -0.05) is 30.3 Å². The highest BCUT2D eigenvalue weighted by molar-refractivity contribution is 6.02. The van der Waals surface area contributed by atoms with Gasteiger partial charge in [-0.25, -0.2) is 4.99 Å². The van der Waals surface area contributed by atoms with Crippen LogP contribution in [0, 0.1) is 11.5 Å². The second-order valence-electron chi connectivity index (χ2n) is 9.46. The van der Waals surface area contributed by atoms with Gasteiger partial charge in [0.05, 0.1) is 6.54 Å². The number of carbonyl (C=O) groups excluding carboxylic acids is 2. The van der Waals surface area contributed by atoms with Gasteiger partial charge >= 0.3 is 0 Å². The van der Waals surface area contributed by atoms with Crippen molar-refractivity contribution in [3.8, 4) is 6.19 Å². The van der Waals surface area contributed by atoms with E-state index in [0.717, 1.165) is 60.6 Å². The van der Waals surface area contributed by atoms with Crippen molar-refractivity contribution in [1.82, 2.24) is 15.1 Å². The Labute approximate surface area is 210 Å². The van der Waals surface area contributed by atoms with Crippen LogP contribution in [0.3, 0.4) is 0 Å². The summed E-state index contributed by atoms with van der Waals surface area (Å²) in [6.45, 7) is 2.18. The molecule has 184 valence electrons. The van der Waals surface area contributed by atoms with Gasteiger partial charge in [0, 0.05) is 25.3 Å². The largest absolute Gasteiger partial charge is 0.341 e. The number of rotatable bonds is 4. The number of fused-ring (bicyclic) bond motifs is 2. The molecule has 2 saturated heterocycles. The van der Waals surface area contributed by atoms with Crippen molar-refractivity contribution in [3.05, 3.63) is 54.6 Å². The summed E-state index contributed by atoms with van der Waals surface area (Å²) in [5, 5.41) is 19.6. The second kappa shape index (κ2) is 10.6. The van der Waals surface area contributed by atoms with Crippen LogP contribution in [0.15, 0.2) is 59.6 Å². The zero-order chi connectivity index (χ0) is 24.9. The van der Waals surface area contributed by atoms with Crippen LogP contribution in [0.4, 0.5) is 5.69 Å². The molecule has 2 aliphatic heterocycles. The lowest BCUT2D eigenvalue weighted by molar-refractivity contribution is -0.140. The molecule has 0 bridgehead atoms. The van der Waals surface area contributed by atoms with Crippen LogP contribution in [0.5, 0.6) is 0 Å². The van der Waals surface area contributed by atoms with Gasteiger partial charge in [-0.05, 0) is 77.9 Å². The molecule has 1 atom stereocenters. The molecule has 2 fully saturated rings. The molecule has 0 unspecified atom stereocenters. The van der Waals surface area contributed by atoms with E-state index < -0.39 is 6.04 Å². The fourth-order valence-electron chi connectivity index (χ4n) is 5.05. The van der Waals surface area contributed by atoms with Gasteiger partial charge in [-0.15, -0.1) is 0 Å². The standard InChI is InChI=1S/C28H30N6O2/c29-19-30-28(31-24-11-10-22-15-20-7-1-2-8-21(20)16-23(22)17-24)32-25-9-3-4-14-34(27(25)36)18-26(35)33-12-5-6-13-33/h1-2,7-8,10-11,15-17,25H,3-6,9,12-14,18H2,(H2,30,31,32)/t25-/m0/s1. The highest BCUT2D eigenvalue weighted by atomic mass is 16.2. The van der Waals surface area contributed by atoms with E-state index in [0.29, 0.717) is 13.0 Å². The highest BCUT2D eigenvalue weighted by Gasteiger charge is 2.30. The summed E-state index contributed by atoms with van der Waals surface area (Å²) in [4.78, 5) is 34.0. The third kappa shape index (κ3) is 5.25. The summed E-state index contributed by atoms with van der Waals surface area (Å²) >= 11 is 0. The molecule has 2 heterocycles. The van der Waals surface area contributed by atoms with Crippen molar-refractivity contribution in [2.75, 3.05) is 31.5 Å². The van der Waals surface area contributed by atoms with Crippen LogP contribution in [0.2, 0.25) is 0 Å². The molecular formula is C28H30N6O2. The SMILES string of the molecule is N#CNC(=N[C@H]1CCCCN(CC(=O)N2CCCC2)C1=O)Nc1ccc2cc3ccccc3cc2c1. The number of carbonyl (C=O) groups is 2. The Balaban J connectivity index is 1.35. The smallest absolute Gasteiger partial charge is 0.247 e.